The summed E-state index contributed by atoms with van der Waals surface area (Å²) in [5, 5.41) is 10.6. The van der Waals surface area contributed by atoms with Gasteiger partial charge in [0, 0.05) is 17.7 Å². The molecule has 3 nitrogen and oxygen atoms in total. The van der Waals surface area contributed by atoms with Gasteiger partial charge in [-0.3, -0.25) is 4.79 Å². The van der Waals surface area contributed by atoms with E-state index >= 15 is 0 Å². The van der Waals surface area contributed by atoms with E-state index in [9.17, 15) is 9.90 Å². The molecule has 4 atom stereocenters. The number of carbonyl (C=O) groups excluding carboxylic acids is 1. The maximum atomic E-state index is 11.6. The third kappa shape index (κ3) is 7.15. The minimum Gasteiger partial charge on any atom is -0.463 e. The minimum absolute atomic E-state index is 0.0250. The largest absolute Gasteiger partial charge is 0.463 e. The summed E-state index contributed by atoms with van der Waals surface area (Å²) in [5.41, 5.74) is 2.58. The van der Waals surface area contributed by atoms with Crippen molar-refractivity contribution in [3.63, 3.8) is 0 Å². The molecular formula is C25H37ClO3. The van der Waals surface area contributed by atoms with Gasteiger partial charge in [0.15, 0.2) is 0 Å². The highest BCUT2D eigenvalue weighted by molar-refractivity contribution is 6.21. The Morgan fingerprint density at radius 3 is 2.48 bits per heavy atom. The Balaban J connectivity index is 1.92. The first-order chi connectivity index (χ1) is 13.6. The van der Waals surface area contributed by atoms with E-state index in [0.29, 0.717) is 12.8 Å². The molecule has 1 aliphatic carbocycles. The summed E-state index contributed by atoms with van der Waals surface area (Å²) in [5.74, 6) is 0.151. The van der Waals surface area contributed by atoms with Crippen LogP contribution in [0, 0.1) is 5.92 Å². The molecule has 29 heavy (non-hydrogen) atoms. The predicted octanol–water partition coefficient (Wildman–Crippen LogP) is 6.12. The van der Waals surface area contributed by atoms with Crippen molar-refractivity contribution in [2.24, 2.45) is 5.92 Å². The van der Waals surface area contributed by atoms with Crippen LogP contribution in [0.4, 0.5) is 0 Å². The number of hydrogen-bond acceptors (Lipinski definition) is 3. The zero-order chi connectivity index (χ0) is 21.6. The highest BCUT2D eigenvalue weighted by atomic mass is 35.5. The Morgan fingerprint density at radius 2 is 1.90 bits per heavy atom. The highest BCUT2D eigenvalue weighted by Crippen LogP contribution is 2.45. The second kappa shape index (κ2) is 10.6. The van der Waals surface area contributed by atoms with Gasteiger partial charge in [-0.2, -0.15) is 0 Å². The Bertz CT molecular complexity index is 672. The van der Waals surface area contributed by atoms with Crippen LogP contribution in [0.3, 0.4) is 0 Å². The number of rotatable bonds is 8. The van der Waals surface area contributed by atoms with Crippen molar-refractivity contribution >= 4 is 17.6 Å². The van der Waals surface area contributed by atoms with Crippen LogP contribution in [0.25, 0.3) is 0 Å². The molecule has 4 heteroatoms. The molecule has 0 spiro atoms. The normalized spacial score (nSPS) is 25.1. The van der Waals surface area contributed by atoms with Crippen LogP contribution in [0.5, 0.6) is 0 Å². The number of esters is 1. The lowest BCUT2D eigenvalue weighted by molar-refractivity contribution is -0.147. The lowest BCUT2D eigenvalue weighted by Gasteiger charge is -2.25. The van der Waals surface area contributed by atoms with Crippen molar-refractivity contribution in [1.29, 1.82) is 0 Å². The van der Waals surface area contributed by atoms with Gasteiger partial charge in [0.25, 0.3) is 0 Å². The lowest BCUT2D eigenvalue weighted by atomic mass is 9.82. The molecule has 1 N–H and O–H groups in total. The number of unbranched alkanes of at least 4 members (excludes halogenated alkanes) is 1. The number of halogens is 1. The van der Waals surface area contributed by atoms with E-state index in [2.05, 4.69) is 57.2 Å². The molecule has 1 fully saturated rings. The topological polar surface area (TPSA) is 46.5 Å². The van der Waals surface area contributed by atoms with Crippen molar-refractivity contribution in [2.45, 2.75) is 95.6 Å². The van der Waals surface area contributed by atoms with Gasteiger partial charge in [-0.25, -0.2) is 0 Å². The summed E-state index contributed by atoms with van der Waals surface area (Å²) in [7, 11) is 0. The van der Waals surface area contributed by atoms with Crippen LogP contribution >= 0.6 is 11.6 Å². The van der Waals surface area contributed by atoms with E-state index in [1.54, 1.807) is 0 Å². The lowest BCUT2D eigenvalue weighted by Crippen LogP contribution is -2.19. The van der Waals surface area contributed by atoms with Crippen LogP contribution in [-0.2, 0) is 14.9 Å². The van der Waals surface area contributed by atoms with Gasteiger partial charge in [0.2, 0.25) is 0 Å². The predicted molar refractivity (Wildman–Crippen MR) is 120 cm³/mol. The fraction of sp³-hybridized carbons (Fsp3) is 0.640. The number of benzene rings is 1. The number of aliphatic hydroxyl groups is 1. The van der Waals surface area contributed by atoms with E-state index in [-0.39, 0.29) is 34.7 Å². The third-order valence-corrected chi connectivity index (χ3v) is 6.16. The van der Waals surface area contributed by atoms with Crippen molar-refractivity contribution in [3.8, 4) is 0 Å². The summed E-state index contributed by atoms with van der Waals surface area (Å²) >= 11 is 6.60. The van der Waals surface area contributed by atoms with Crippen molar-refractivity contribution in [1.82, 2.24) is 0 Å². The number of hydrogen-bond donors (Lipinski definition) is 1. The second-order valence-corrected chi connectivity index (χ2v) is 10.1. The quantitative estimate of drug-likeness (QED) is 0.238. The first-order valence-electron chi connectivity index (χ1n) is 10.9. The Labute approximate surface area is 181 Å². The van der Waals surface area contributed by atoms with Crippen LogP contribution in [-0.4, -0.2) is 28.7 Å². The summed E-state index contributed by atoms with van der Waals surface area (Å²) < 4.78 is 5.15. The van der Waals surface area contributed by atoms with E-state index < -0.39 is 6.10 Å². The number of aliphatic hydroxyl groups excluding tert-OH is 1. The molecule has 2 rings (SSSR count). The summed E-state index contributed by atoms with van der Waals surface area (Å²) in [6.07, 6.45) is 7.38. The van der Waals surface area contributed by atoms with Gasteiger partial charge in [0.1, 0.15) is 0 Å². The maximum Gasteiger partial charge on any atom is 0.306 e. The van der Waals surface area contributed by atoms with E-state index in [4.69, 9.17) is 16.3 Å². The molecule has 1 aromatic rings. The van der Waals surface area contributed by atoms with Crippen LogP contribution in [0.15, 0.2) is 36.4 Å². The average Bonchev–Trinajstić information content (AvgIpc) is 2.90. The minimum atomic E-state index is -0.401. The maximum absolute atomic E-state index is 11.6. The molecular weight excluding hydrogens is 384 g/mol. The molecule has 1 aromatic carbocycles. The number of carbonyl (C=O) groups is 1. The average molecular weight is 421 g/mol. The first kappa shape index (κ1) is 24.0. The zero-order valence-electron chi connectivity index (χ0n) is 18.5. The van der Waals surface area contributed by atoms with Gasteiger partial charge >= 0.3 is 5.97 Å². The zero-order valence-corrected chi connectivity index (χ0v) is 19.3. The van der Waals surface area contributed by atoms with E-state index in [0.717, 1.165) is 19.3 Å². The Kier molecular flexibility index (Phi) is 8.78. The molecule has 0 amide bonds. The molecule has 0 heterocycles. The molecule has 0 radical (unpaired) electrons. The molecule has 0 unspecified atom stereocenters. The Morgan fingerprint density at radius 1 is 1.24 bits per heavy atom. The van der Waals surface area contributed by atoms with Gasteiger partial charge in [0.05, 0.1) is 12.2 Å². The fourth-order valence-electron chi connectivity index (χ4n) is 4.09. The molecule has 0 bridgehead atoms. The summed E-state index contributed by atoms with van der Waals surface area (Å²) in [6.45, 7) is 10.3. The van der Waals surface area contributed by atoms with Gasteiger partial charge in [-0.15, -0.1) is 11.6 Å². The third-order valence-electron chi connectivity index (χ3n) is 5.66. The molecule has 0 aromatic heterocycles. The number of ether oxygens (including phenoxy) is 1. The molecule has 0 saturated heterocycles. The first-order valence-corrected chi connectivity index (χ1v) is 11.3. The number of allylic oxidation sites excluding steroid dienone is 2. The van der Waals surface area contributed by atoms with Crippen LogP contribution in [0.1, 0.15) is 83.8 Å². The van der Waals surface area contributed by atoms with E-state index in [1.807, 2.05) is 13.8 Å². The van der Waals surface area contributed by atoms with Gasteiger partial charge < -0.3 is 9.84 Å². The SMILES string of the molecule is CC(C)OC(=O)CCCC=CC[C@@H]1[C@@H](c2ccc(C(C)(C)C)cc2)[C@H](O)C[C@H]1Cl. The molecule has 1 saturated carbocycles. The molecule has 162 valence electrons. The van der Waals surface area contributed by atoms with Crippen LogP contribution < -0.4 is 0 Å². The van der Waals surface area contributed by atoms with Gasteiger partial charge in [-0.1, -0.05) is 57.2 Å². The molecule has 1 aliphatic rings. The highest BCUT2D eigenvalue weighted by Gasteiger charge is 2.41. The summed E-state index contributed by atoms with van der Waals surface area (Å²) in [6, 6.07) is 8.65. The monoisotopic (exact) mass is 420 g/mol. The second-order valence-electron chi connectivity index (χ2n) is 9.52. The van der Waals surface area contributed by atoms with Crippen molar-refractivity contribution in [3.05, 3.63) is 47.5 Å². The number of alkyl halides is 1. The van der Waals surface area contributed by atoms with Crippen LogP contribution in [0.2, 0.25) is 0 Å². The van der Waals surface area contributed by atoms with Gasteiger partial charge in [-0.05, 0) is 62.0 Å². The summed E-state index contributed by atoms with van der Waals surface area (Å²) in [4.78, 5) is 11.6. The van der Waals surface area contributed by atoms with Crippen molar-refractivity contribution in [2.75, 3.05) is 0 Å². The van der Waals surface area contributed by atoms with Crippen molar-refractivity contribution < 1.29 is 14.6 Å². The fourth-order valence-corrected chi connectivity index (χ4v) is 4.53. The van der Waals surface area contributed by atoms with E-state index in [1.165, 1.54) is 11.1 Å². The smallest absolute Gasteiger partial charge is 0.306 e. The Hall–Kier alpha value is -1.32. The molecule has 0 aliphatic heterocycles. The standard InChI is InChI=1S/C25H37ClO3/c1-17(2)29-23(28)11-9-7-6-8-10-20-21(26)16-22(27)24(20)18-12-14-19(15-13-18)25(3,4)5/h6,8,12-15,17,20-22,24,27H,7,9-11,16H2,1-5H3/t20-,21+,22+,24+/m0/s1.